The van der Waals surface area contributed by atoms with Crippen LogP contribution in [-0.4, -0.2) is 87.5 Å². The van der Waals surface area contributed by atoms with Crippen molar-refractivity contribution in [3.8, 4) is 23.0 Å². The number of anilines is 2. The van der Waals surface area contributed by atoms with Gasteiger partial charge < -0.3 is 30.4 Å². The van der Waals surface area contributed by atoms with E-state index in [-0.39, 0.29) is 37.4 Å². The lowest BCUT2D eigenvalue weighted by Gasteiger charge is -2.11. The van der Waals surface area contributed by atoms with E-state index < -0.39 is 6.67 Å². The summed E-state index contributed by atoms with van der Waals surface area (Å²) in [4.78, 5) is 43.6. The fourth-order valence-corrected chi connectivity index (χ4v) is 7.48. The zero-order chi connectivity index (χ0) is 44.0. The third-order valence-corrected chi connectivity index (χ3v) is 10.9. The number of alkyl halides is 1. The summed E-state index contributed by atoms with van der Waals surface area (Å²) >= 11 is 0. The van der Waals surface area contributed by atoms with Crippen LogP contribution in [-0.2, 0) is 53.4 Å². The number of rotatable bonds is 17. The van der Waals surface area contributed by atoms with Crippen molar-refractivity contribution in [2.45, 2.75) is 51.6 Å². The molecule has 1 aliphatic rings. The Morgan fingerprint density at radius 1 is 0.750 bits per heavy atom. The maximum Gasteiger partial charge on any atom is 0.251 e. The Hall–Kier alpha value is -8.23. The van der Waals surface area contributed by atoms with E-state index in [1.165, 1.54) is 17.3 Å². The molecule has 21 heteroatoms. The monoisotopic (exact) mass is 862 g/mol. The normalized spacial score (nSPS) is 13.1. The molecule has 0 aliphatic carbocycles. The molecule has 1 atom stereocenters. The van der Waals surface area contributed by atoms with Crippen molar-refractivity contribution < 1.29 is 14.0 Å². The average molecular weight is 863 g/mol. The molecule has 6 aromatic heterocycles. The molecule has 7 heterocycles. The maximum atomic E-state index is 13.3. The average Bonchev–Trinajstić information content (AvgIpc) is 4.17. The molecule has 2 aromatic carbocycles. The standard InChI is InChI=1S/C43H43FN18O2/c1-59-38(54-56-40(59)34-9-12-45-25-50-34)22-46-31-8-4-6-29(16-31)43(64)49-21-32-17-37-33(10-13-62(37)58-32)35-18-36(52-26-51-35)41-57-55-39(60(41)2)23-47-30-7-3-5-28(15-30)42(63)48-19-27-20-53-61(24-27)14-11-44/h3-9,12,15-18,20,24-26,33,46-47H,10-11,13-14,19,21-23H2,1-2H3,(H,48,63)(H,49,64). The van der Waals surface area contributed by atoms with Crippen LogP contribution in [0, 0.1) is 0 Å². The minimum atomic E-state index is -0.508. The summed E-state index contributed by atoms with van der Waals surface area (Å²) in [5, 5.41) is 38.9. The number of carbonyl (C=O) groups is 2. The van der Waals surface area contributed by atoms with E-state index in [4.69, 9.17) is 5.10 Å². The van der Waals surface area contributed by atoms with Crippen molar-refractivity contribution >= 4 is 23.2 Å². The van der Waals surface area contributed by atoms with Gasteiger partial charge in [-0.3, -0.25) is 19.0 Å². The molecule has 8 aromatic rings. The highest BCUT2D eigenvalue weighted by molar-refractivity contribution is 5.95. The van der Waals surface area contributed by atoms with E-state index in [1.54, 1.807) is 55.0 Å². The van der Waals surface area contributed by atoms with Gasteiger partial charge in [-0.25, -0.2) is 24.3 Å². The van der Waals surface area contributed by atoms with E-state index >= 15 is 0 Å². The number of carbonyl (C=O) groups excluding carboxylic acids is 2. The quantitative estimate of drug-likeness (QED) is 0.102. The number of aromatic nitrogens is 14. The number of nitrogens with zero attached hydrogens (tertiary/aromatic N) is 14. The van der Waals surface area contributed by atoms with Gasteiger partial charge in [0, 0.05) is 79.3 Å². The molecule has 0 bridgehead atoms. The third kappa shape index (κ3) is 9.03. The Labute approximate surface area is 365 Å². The Bertz CT molecular complexity index is 2920. The molecule has 4 N–H and O–H groups in total. The summed E-state index contributed by atoms with van der Waals surface area (Å²) in [7, 11) is 3.76. The van der Waals surface area contributed by atoms with Crippen molar-refractivity contribution in [2.24, 2.45) is 14.1 Å². The van der Waals surface area contributed by atoms with Crippen molar-refractivity contribution in [1.82, 2.24) is 79.7 Å². The van der Waals surface area contributed by atoms with Crippen LogP contribution < -0.4 is 21.3 Å². The van der Waals surface area contributed by atoms with Crippen LogP contribution in [0.4, 0.5) is 15.8 Å². The van der Waals surface area contributed by atoms with Gasteiger partial charge in [-0.05, 0) is 61.0 Å². The second-order valence-electron chi connectivity index (χ2n) is 15.1. The van der Waals surface area contributed by atoms with E-state index in [0.29, 0.717) is 65.4 Å². The largest absolute Gasteiger partial charge is 0.378 e. The van der Waals surface area contributed by atoms with Gasteiger partial charge in [0.2, 0.25) is 0 Å². The summed E-state index contributed by atoms with van der Waals surface area (Å²) < 4.78 is 19.8. The van der Waals surface area contributed by atoms with E-state index in [9.17, 15) is 14.0 Å². The van der Waals surface area contributed by atoms with Crippen molar-refractivity contribution in [2.75, 3.05) is 17.3 Å². The summed E-state index contributed by atoms with van der Waals surface area (Å²) in [6, 6.07) is 20.2. The number of fused-ring (bicyclic) bond motifs is 1. The van der Waals surface area contributed by atoms with Crippen LogP contribution in [0.5, 0.6) is 0 Å². The van der Waals surface area contributed by atoms with Crippen molar-refractivity contribution in [3.63, 3.8) is 0 Å². The number of hydrogen-bond acceptors (Lipinski definition) is 14. The predicted molar refractivity (Wildman–Crippen MR) is 231 cm³/mol. The fraction of sp³-hybridized carbons (Fsp3) is 0.256. The Balaban J connectivity index is 0.787. The second kappa shape index (κ2) is 18.4. The van der Waals surface area contributed by atoms with Gasteiger partial charge in [0.05, 0.1) is 43.8 Å². The fourth-order valence-electron chi connectivity index (χ4n) is 7.48. The zero-order valence-corrected chi connectivity index (χ0v) is 34.9. The third-order valence-electron chi connectivity index (χ3n) is 10.9. The molecule has 20 nitrogen and oxygen atoms in total. The molecule has 2 amide bonds. The lowest BCUT2D eigenvalue weighted by atomic mass is 9.99. The SMILES string of the molecule is Cn1c(CNc2cccc(C(=O)NCc3cc4n(n3)CCC4c3cc(-c4nnc(CNc5cccc(C(=O)NCc6cnn(CCF)c6)c5)n4C)ncn3)c2)nnc1-c1ccncn1. The number of halogens is 1. The van der Waals surface area contributed by atoms with Crippen LogP contribution in [0.15, 0.2) is 98.0 Å². The highest BCUT2D eigenvalue weighted by Gasteiger charge is 2.28. The number of amides is 2. The molecule has 0 fully saturated rings. The second-order valence-corrected chi connectivity index (χ2v) is 15.1. The first-order valence-electron chi connectivity index (χ1n) is 20.5. The van der Waals surface area contributed by atoms with Gasteiger partial charge in [-0.15, -0.1) is 20.4 Å². The molecular weight excluding hydrogens is 820 g/mol. The van der Waals surface area contributed by atoms with Gasteiger partial charge in [-0.2, -0.15) is 10.2 Å². The minimum Gasteiger partial charge on any atom is -0.378 e. The lowest BCUT2D eigenvalue weighted by molar-refractivity contribution is 0.0942. The van der Waals surface area contributed by atoms with E-state index in [0.717, 1.165) is 40.4 Å². The number of hydrogen-bond donors (Lipinski definition) is 4. The first-order chi connectivity index (χ1) is 31.3. The molecule has 9 rings (SSSR count). The summed E-state index contributed by atoms with van der Waals surface area (Å²) in [5.41, 5.74) is 7.18. The Morgan fingerprint density at radius 3 is 2.09 bits per heavy atom. The van der Waals surface area contributed by atoms with Crippen molar-refractivity contribution in [1.29, 1.82) is 0 Å². The molecule has 0 radical (unpaired) electrons. The topological polar surface area (TPSA) is 231 Å². The van der Waals surface area contributed by atoms with Gasteiger partial charge >= 0.3 is 0 Å². The highest BCUT2D eigenvalue weighted by atomic mass is 19.1. The summed E-state index contributed by atoms with van der Waals surface area (Å²) in [6.45, 7) is 1.66. The lowest BCUT2D eigenvalue weighted by Crippen LogP contribution is -2.23. The van der Waals surface area contributed by atoms with Crippen LogP contribution in [0.1, 0.15) is 67.3 Å². The first-order valence-corrected chi connectivity index (χ1v) is 20.5. The van der Waals surface area contributed by atoms with Gasteiger partial charge in [0.25, 0.3) is 11.8 Å². The van der Waals surface area contributed by atoms with Crippen LogP contribution in [0.3, 0.4) is 0 Å². The van der Waals surface area contributed by atoms with Crippen LogP contribution in [0.25, 0.3) is 23.0 Å². The number of benzene rings is 2. The van der Waals surface area contributed by atoms with Crippen LogP contribution in [0.2, 0.25) is 0 Å². The minimum absolute atomic E-state index is 0.0228. The maximum absolute atomic E-state index is 13.3. The molecule has 1 aliphatic heterocycles. The highest BCUT2D eigenvalue weighted by Crippen LogP contribution is 2.34. The molecule has 0 saturated carbocycles. The molecular formula is C43H43FN18O2. The van der Waals surface area contributed by atoms with E-state index in [1.807, 2.05) is 58.2 Å². The summed E-state index contributed by atoms with van der Waals surface area (Å²) in [5.74, 6) is 2.11. The smallest absolute Gasteiger partial charge is 0.251 e. The molecule has 1 unspecified atom stereocenters. The first kappa shape index (κ1) is 41.1. The molecule has 324 valence electrons. The van der Waals surface area contributed by atoms with Gasteiger partial charge in [-0.1, -0.05) is 12.1 Å². The van der Waals surface area contributed by atoms with Gasteiger partial charge in [0.1, 0.15) is 30.7 Å². The summed E-state index contributed by atoms with van der Waals surface area (Å²) in [6.07, 6.45) is 8.81. The number of nitrogens with one attached hydrogen (secondary N) is 4. The number of aryl methyl sites for hydroxylation is 2. The van der Waals surface area contributed by atoms with Gasteiger partial charge in [0.15, 0.2) is 23.3 Å². The predicted octanol–water partition coefficient (Wildman–Crippen LogP) is 3.84. The van der Waals surface area contributed by atoms with Crippen molar-refractivity contribution in [3.05, 3.63) is 143 Å². The molecule has 64 heavy (non-hydrogen) atoms. The molecule has 0 saturated heterocycles. The zero-order valence-electron chi connectivity index (χ0n) is 34.9. The Morgan fingerprint density at radius 2 is 1.42 bits per heavy atom. The van der Waals surface area contributed by atoms with Crippen LogP contribution >= 0.6 is 0 Å². The Kier molecular flexibility index (Phi) is 11.8. The molecule has 0 spiro atoms. The van der Waals surface area contributed by atoms with E-state index in [2.05, 4.69) is 66.7 Å².